The lowest BCUT2D eigenvalue weighted by Crippen LogP contribution is -2.39. The van der Waals surface area contributed by atoms with E-state index in [-0.39, 0.29) is 17.7 Å². The molecule has 1 aliphatic heterocycles. The molecule has 31 heavy (non-hydrogen) atoms. The minimum absolute atomic E-state index is 0.0733. The lowest BCUT2D eigenvalue weighted by molar-refractivity contribution is 0.0701. The summed E-state index contributed by atoms with van der Waals surface area (Å²) in [6, 6.07) is 11.0. The highest BCUT2D eigenvalue weighted by Crippen LogP contribution is 2.36. The first kappa shape index (κ1) is 21.1. The smallest absolute Gasteiger partial charge is 0.259 e. The van der Waals surface area contributed by atoms with Gasteiger partial charge >= 0.3 is 0 Å². The molecule has 0 saturated carbocycles. The van der Waals surface area contributed by atoms with Gasteiger partial charge in [-0.25, -0.2) is 9.97 Å². The van der Waals surface area contributed by atoms with Crippen LogP contribution < -0.4 is 9.47 Å². The van der Waals surface area contributed by atoms with E-state index in [1.54, 1.807) is 24.7 Å². The fourth-order valence-corrected chi connectivity index (χ4v) is 4.20. The van der Waals surface area contributed by atoms with Crippen molar-refractivity contribution in [2.24, 2.45) is 0 Å². The van der Waals surface area contributed by atoms with Crippen molar-refractivity contribution in [1.82, 2.24) is 19.9 Å². The quantitative estimate of drug-likeness (QED) is 0.593. The predicted molar refractivity (Wildman–Crippen MR) is 118 cm³/mol. The van der Waals surface area contributed by atoms with Crippen molar-refractivity contribution in [2.75, 3.05) is 27.3 Å². The van der Waals surface area contributed by atoms with Gasteiger partial charge in [0.2, 0.25) is 11.8 Å². The molecule has 1 fully saturated rings. The van der Waals surface area contributed by atoms with Crippen LogP contribution in [0, 0.1) is 0 Å². The number of piperidine rings is 1. The predicted octanol–water partition coefficient (Wildman–Crippen LogP) is 4.23. The van der Waals surface area contributed by atoms with E-state index in [1.165, 1.54) is 14.2 Å². The molecule has 1 saturated heterocycles. The van der Waals surface area contributed by atoms with Gasteiger partial charge in [0.15, 0.2) is 0 Å². The summed E-state index contributed by atoms with van der Waals surface area (Å²) >= 11 is 6.44. The Balaban J connectivity index is 1.62. The Morgan fingerprint density at radius 2 is 1.97 bits per heavy atom. The van der Waals surface area contributed by atoms with E-state index in [2.05, 4.69) is 15.0 Å². The van der Waals surface area contributed by atoms with Crippen LogP contribution in [-0.2, 0) is 0 Å². The first-order valence-corrected chi connectivity index (χ1v) is 10.4. The minimum Gasteiger partial charge on any atom is -0.481 e. The second-order valence-corrected chi connectivity index (χ2v) is 7.71. The standard InChI is InChI=1S/C23H23ClN4O3/c1-30-20-10-9-17(22(27-20)31-2)23(29)28-11-5-6-15(13-28)21-18(12-25-14-26-21)16-7-3-4-8-19(16)24/h3-4,7-10,12,14-15H,5-6,11,13H2,1-2H3/t15-/m0/s1. The number of aromatic nitrogens is 3. The van der Waals surface area contributed by atoms with E-state index < -0.39 is 0 Å². The summed E-state index contributed by atoms with van der Waals surface area (Å²) in [7, 11) is 3.02. The van der Waals surface area contributed by atoms with Crippen LogP contribution in [0.3, 0.4) is 0 Å². The highest BCUT2D eigenvalue weighted by Gasteiger charge is 2.30. The number of ether oxygens (including phenoxy) is 2. The Labute approximate surface area is 186 Å². The van der Waals surface area contributed by atoms with Gasteiger partial charge in [0, 0.05) is 47.4 Å². The SMILES string of the molecule is COc1ccc(C(=O)N2CCC[C@H](c3ncncc3-c3ccccc3Cl)C2)c(OC)n1. The van der Waals surface area contributed by atoms with Gasteiger partial charge < -0.3 is 14.4 Å². The summed E-state index contributed by atoms with van der Waals surface area (Å²) in [5, 5.41) is 0.649. The maximum absolute atomic E-state index is 13.3. The number of hydrogen-bond donors (Lipinski definition) is 0. The van der Waals surface area contributed by atoms with E-state index in [4.69, 9.17) is 21.1 Å². The van der Waals surface area contributed by atoms with E-state index >= 15 is 0 Å². The maximum atomic E-state index is 13.3. The Kier molecular flexibility index (Phi) is 6.32. The highest BCUT2D eigenvalue weighted by atomic mass is 35.5. The summed E-state index contributed by atoms with van der Waals surface area (Å²) in [5.74, 6) is 0.606. The van der Waals surface area contributed by atoms with Crippen LogP contribution in [0.5, 0.6) is 11.8 Å². The van der Waals surface area contributed by atoms with E-state index in [9.17, 15) is 4.79 Å². The molecule has 0 N–H and O–H groups in total. The third-order valence-corrected chi connectivity index (χ3v) is 5.80. The van der Waals surface area contributed by atoms with Crippen molar-refractivity contribution in [2.45, 2.75) is 18.8 Å². The van der Waals surface area contributed by atoms with Crippen LogP contribution in [0.15, 0.2) is 48.9 Å². The molecule has 7 nitrogen and oxygen atoms in total. The van der Waals surface area contributed by atoms with Crippen LogP contribution in [0.4, 0.5) is 0 Å². The lowest BCUT2D eigenvalue weighted by Gasteiger charge is -2.33. The van der Waals surface area contributed by atoms with Gasteiger partial charge in [-0.15, -0.1) is 0 Å². The number of benzene rings is 1. The second-order valence-electron chi connectivity index (χ2n) is 7.30. The molecule has 4 rings (SSSR count). The van der Waals surface area contributed by atoms with Gasteiger partial charge in [0.25, 0.3) is 5.91 Å². The number of pyridine rings is 1. The van der Waals surface area contributed by atoms with Crippen molar-refractivity contribution in [3.05, 3.63) is 65.2 Å². The third-order valence-electron chi connectivity index (χ3n) is 5.47. The van der Waals surface area contributed by atoms with Gasteiger partial charge in [0.05, 0.1) is 19.9 Å². The molecular weight excluding hydrogens is 416 g/mol. The largest absolute Gasteiger partial charge is 0.481 e. The van der Waals surface area contributed by atoms with Gasteiger partial charge in [-0.05, 0) is 25.0 Å². The van der Waals surface area contributed by atoms with E-state index in [1.807, 2.05) is 29.2 Å². The number of nitrogens with zero attached hydrogens (tertiary/aromatic N) is 4. The van der Waals surface area contributed by atoms with Gasteiger partial charge in [-0.1, -0.05) is 29.8 Å². The molecule has 8 heteroatoms. The molecule has 1 aliphatic rings. The van der Waals surface area contributed by atoms with Crippen LogP contribution in [0.25, 0.3) is 11.1 Å². The summed E-state index contributed by atoms with van der Waals surface area (Å²) < 4.78 is 10.5. The highest BCUT2D eigenvalue weighted by molar-refractivity contribution is 6.33. The molecule has 1 atom stereocenters. The lowest BCUT2D eigenvalue weighted by atomic mass is 9.89. The van der Waals surface area contributed by atoms with Crippen LogP contribution in [0.2, 0.25) is 5.02 Å². The molecule has 160 valence electrons. The average molecular weight is 439 g/mol. The van der Waals surface area contributed by atoms with Gasteiger partial charge in [-0.2, -0.15) is 4.98 Å². The molecular formula is C23H23ClN4O3. The topological polar surface area (TPSA) is 77.4 Å². The molecule has 0 aliphatic carbocycles. The zero-order valence-electron chi connectivity index (χ0n) is 17.4. The number of carbonyl (C=O) groups is 1. The van der Waals surface area contributed by atoms with E-state index in [0.29, 0.717) is 29.6 Å². The number of halogens is 1. The molecule has 2 aromatic heterocycles. The Hall–Kier alpha value is -3.19. The first-order valence-electron chi connectivity index (χ1n) is 10.1. The third kappa shape index (κ3) is 4.32. The first-order chi connectivity index (χ1) is 15.1. The average Bonchev–Trinajstić information content (AvgIpc) is 2.83. The Bertz CT molecular complexity index is 1090. The number of carbonyl (C=O) groups excluding carboxylic acids is 1. The van der Waals surface area contributed by atoms with Crippen molar-refractivity contribution in [3.63, 3.8) is 0 Å². The number of likely N-dealkylation sites (tertiary alicyclic amines) is 1. The molecule has 3 heterocycles. The van der Waals surface area contributed by atoms with Crippen LogP contribution in [-0.4, -0.2) is 53.1 Å². The van der Waals surface area contributed by atoms with E-state index in [0.717, 1.165) is 29.7 Å². The summed E-state index contributed by atoms with van der Waals surface area (Å²) in [5.41, 5.74) is 3.11. The second kappa shape index (κ2) is 9.31. The zero-order valence-corrected chi connectivity index (χ0v) is 18.2. The summed E-state index contributed by atoms with van der Waals surface area (Å²) in [4.78, 5) is 28.1. The van der Waals surface area contributed by atoms with Crippen LogP contribution >= 0.6 is 11.6 Å². The molecule has 0 bridgehead atoms. The van der Waals surface area contributed by atoms with Crippen LogP contribution in [0.1, 0.15) is 34.8 Å². The van der Waals surface area contributed by atoms with Gasteiger partial charge in [-0.3, -0.25) is 4.79 Å². The number of hydrogen-bond acceptors (Lipinski definition) is 6. The van der Waals surface area contributed by atoms with Crippen molar-refractivity contribution >= 4 is 17.5 Å². The normalized spacial score (nSPS) is 16.1. The fourth-order valence-electron chi connectivity index (χ4n) is 3.96. The molecule has 3 aromatic rings. The molecule has 0 spiro atoms. The van der Waals surface area contributed by atoms with Crippen molar-refractivity contribution in [3.8, 4) is 22.9 Å². The number of amides is 1. The Morgan fingerprint density at radius 3 is 2.74 bits per heavy atom. The summed E-state index contributed by atoms with van der Waals surface area (Å²) in [6.45, 7) is 1.21. The minimum atomic E-state index is -0.120. The molecule has 1 aromatic carbocycles. The Morgan fingerprint density at radius 1 is 1.13 bits per heavy atom. The van der Waals surface area contributed by atoms with Gasteiger partial charge in [0.1, 0.15) is 11.9 Å². The zero-order chi connectivity index (χ0) is 21.8. The maximum Gasteiger partial charge on any atom is 0.259 e. The van der Waals surface area contributed by atoms with Crippen molar-refractivity contribution in [1.29, 1.82) is 0 Å². The summed E-state index contributed by atoms with van der Waals surface area (Å²) in [6.07, 6.45) is 5.14. The molecule has 1 amide bonds. The fraction of sp³-hybridized carbons (Fsp3) is 0.304. The molecule has 0 radical (unpaired) electrons. The van der Waals surface area contributed by atoms with Crippen molar-refractivity contribution < 1.29 is 14.3 Å². The number of methoxy groups -OCH3 is 2. The molecule has 0 unspecified atom stereocenters. The number of rotatable bonds is 5. The monoisotopic (exact) mass is 438 g/mol.